The van der Waals surface area contributed by atoms with Gasteiger partial charge in [-0.05, 0) is 55.8 Å². The quantitative estimate of drug-likeness (QED) is 0.483. The summed E-state index contributed by atoms with van der Waals surface area (Å²) in [6.07, 6.45) is 7.10. The SMILES string of the molecule is C#CCC(O)(c1ccnc(C)c1)c1cc2ccccc2n1S(=O)(=O)c1ccc(C)cc1. The van der Waals surface area contributed by atoms with Crippen molar-refractivity contribution < 1.29 is 13.5 Å². The first-order valence-corrected chi connectivity index (χ1v) is 11.2. The number of nitrogens with zero attached hydrogens (tertiary/aromatic N) is 2. The third-order valence-electron chi connectivity index (χ3n) is 5.38. The van der Waals surface area contributed by atoms with E-state index in [1.165, 1.54) is 3.97 Å². The summed E-state index contributed by atoms with van der Waals surface area (Å²) in [6.45, 7) is 3.70. The lowest BCUT2D eigenvalue weighted by molar-refractivity contribution is 0.0812. The van der Waals surface area contributed by atoms with E-state index >= 15 is 0 Å². The molecule has 2 heterocycles. The summed E-state index contributed by atoms with van der Waals surface area (Å²) in [5, 5.41) is 12.5. The lowest BCUT2D eigenvalue weighted by Gasteiger charge is -2.28. The average molecular weight is 431 g/mol. The smallest absolute Gasteiger partial charge is 0.268 e. The van der Waals surface area contributed by atoms with E-state index in [0.29, 0.717) is 22.2 Å². The minimum atomic E-state index is -4.02. The Bertz CT molecular complexity index is 1410. The third-order valence-corrected chi connectivity index (χ3v) is 7.12. The normalized spacial score (nSPS) is 13.6. The van der Waals surface area contributed by atoms with Crippen molar-refractivity contribution in [3.8, 4) is 12.3 Å². The monoisotopic (exact) mass is 430 g/mol. The van der Waals surface area contributed by atoms with Gasteiger partial charge in [-0.15, -0.1) is 12.3 Å². The van der Waals surface area contributed by atoms with E-state index in [-0.39, 0.29) is 17.0 Å². The average Bonchev–Trinajstić information content (AvgIpc) is 3.15. The first kappa shape index (κ1) is 20.9. The molecule has 0 amide bonds. The van der Waals surface area contributed by atoms with Crippen LogP contribution in [0.1, 0.15) is 28.9 Å². The molecule has 31 heavy (non-hydrogen) atoms. The Hall–Kier alpha value is -3.40. The molecule has 0 aliphatic carbocycles. The van der Waals surface area contributed by atoms with Gasteiger partial charge in [-0.25, -0.2) is 12.4 Å². The van der Waals surface area contributed by atoms with Crippen LogP contribution in [0.15, 0.2) is 77.8 Å². The lowest BCUT2D eigenvalue weighted by atomic mass is 9.87. The number of pyridine rings is 1. The maximum Gasteiger partial charge on any atom is 0.268 e. The van der Waals surface area contributed by atoms with E-state index in [0.717, 1.165) is 5.56 Å². The van der Waals surface area contributed by atoms with Gasteiger partial charge in [0.05, 0.1) is 16.1 Å². The number of fused-ring (bicyclic) bond motifs is 1. The third kappa shape index (κ3) is 3.52. The van der Waals surface area contributed by atoms with E-state index in [1.54, 1.807) is 67.7 Å². The van der Waals surface area contributed by atoms with Gasteiger partial charge >= 0.3 is 0 Å². The molecule has 1 N–H and O–H groups in total. The number of aliphatic hydroxyl groups is 1. The number of rotatable bonds is 5. The lowest BCUT2D eigenvalue weighted by Crippen LogP contribution is -2.32. The van der Waals surface area contributed by atoms with Crippen molar-refractivity contribution in [1.82, 2.24) is 8.96 Å². The predicted octanol–water partition coefficient (Wildman–Crippen LogP) is 4.15. The predicted molar refractivity (Wildman–Crippen MR) is 121 cm³/mol. The van der Waals surface area contributed by atoms with Crippen LogP contribution in [0.2, 0.25) is 0 Å². The highest BCUT2D eigenvalue weighted by Crippen LogP contribution is 2.38. The second kappa shape index (κ2) is 7.69. The molecule has 4 aromatic rings. The Morgan fingerprint density at radius 2 is 1.77 bits per heavy atom. The molecule has 1 atom stereocenters. The molecule has 156 valence electrons. The van der Waals surface area contributed by atoms with Gasteiger partial charge in [-0.1, -0.05) is 35.9 Å². The van der Waals surface area contributed by atoms with Crippen molar-refractivity contribution in [3.63, 3.8) is 0 Å². The fourth-order valence-corrected chi connectivity index (χ4v) is 5.36. The standard InChI is InChI=1S/C25H22N2O3S/c1-4-14-25(28,21-13-15-26-19(3)16-21)24-17-20-7-5-6-8-23(20)27(24)31(29,30)22-11-9-18(2)10-12-22/h1,5-13,15-17,28H,14H2,2-3H3. The van der Waals surface area contributed by atoms with Gasteiger partial charge in [0, 0.05) is 23.7 Å². The largest absolute Gasteiger partial charge is 0.378 e. The van der Waals surface area contributed by atoms with Gasteiger partial charge < -0.3 is 5.11 Å². The van der Waals surface area contributed by atoms with Gasteiger partial charge in [0.2, 0.25) is 0 Å². The number of hydrogen-bond donors (Lipinski definition) is 1. The molecule has 5 nitrogen and oxygen atoms in total. The zero-order valence-corrected chi connectivity index (χ0v) is 18.1. The topological polar surface area (TPSA) is 72.2 Å². The molecule has 6 heteroatoms. The number of terminal acetylenes is 1. The van der Waals surface area contributed by atoms with E-state index in [2.05, 4.69) is 10.9 Å². The van der Waals surface area contributed by atoms with E-state index in [4.69, 9.17) is 6.42 Å². The highest BCUT2D eigenvalue weighted by atomic mass is 32.2. The summed E-state index contributed by atoms with van der Waals surface area (Å²) in [4.78, 5) is 4.32. The van der Waals surface area contributed by atoms with Crippen LogP contribution < -0.4 is 0 Å². The van der Waals surface area contributed by atoms with Gasteiger partial charge in [0.1, 0.15) is 5.60 Å². The summed E-state index contributed by atoms with van der Waals surface area (Å²) >= 11 is 0. The molecule has 0 aliphatic rings. The summed E-state index contributed by atoms with van der Waals surface area (Å²) in [6, 6.07) is 18.8. The van der Waals surface area contributed by atoms with Gasteiger partial charge in [0.25, 0.3) is 10.0 Å². The molecular weight excluding hydrogens is 408 g/mol. The molecule has 0 saturated carbocycles. The van der Waals surface area contributed by atoms with Crippen molar-refractivity contribution in [3.05, 3.63) is 95.4 Å². The fourth-order valence-electron chi connectivity index (χ4n) is 3.78. The van der Waals surface area contributed by atoms with Gasteiger partial charge in [-0.3, -0.25) is 4.98 Å². The first-order chi connectivity index (χ1) is 14.8. The molecule has 0 radical (unpaired) electrons. The van der Waals surface area contributed by atoms with Gasteiger partial charge in [-0.2, -0.15) is 0 Å². The van der Waals surface area contributed by atoms with Crippen molar-refractivity contribution in [2.24, 2.45) is 0 Å². The molecule has 4 rings (SSSR count). The zero-order valence-electron chi connectivity index (χ0n) is 17.3. The second-order valence-corrected chi connectivity index (χ2v) is 9.38. The van der Waals surface area contributed by atoms with Crippen LogP contribution >= 0.6 is 0 Å². The molecule has 0 saturated heterocycles. The van der Waals surface area contributed by atoms with Crippen LogP contribution in [0.25, 0.3) is 10.9 Å². The van der Waals surface area contributed by atoms with Crippen molar-refractivity contribution in [2.45, 2.75) is 30.8 Å². The Kier molecular flexibility index (Phi) is 5.18. The molecule has 0 bridgehead atoms. The number of para-hydroxylation sites is 1. The molecular formula is C25H22N2O3S. The second-order valence-electron chi connectivity index (χ2n) is 7.60. The van der Waals surface area contributed by atoms with Crippen LogP contribution in [0.5, 0.6) is 0 Å². The summed E-state index contributed by atoms with van der Waals surface area (Å²) in [5.41, 5.74) is 1.07. The Balaban J connectivity index is 2.07. The summed E-state index contributed by atoms with van der Waals surface area (Å²) in [5.74, 6) is 2.52. The minimum Gasteiger partial charge on any atom is -0.378 e. The first-order valence-electron chi connectivity index (χ1n) is 9.79. The molecule has 2 aromatic carbocycles. The highest BCUT2D eigenvalue weighted by molar-refractivity contribution is 7.90. The van der Waals surface area contributed by atoms with Crippen molar-refractivity contribution in [1.29, 1.82) is 0 Å². The Morgan fingerprint density at radius 3 is 2.45 bits per heavy atom. The van der Waals surface area contributed by atoms with Crippen molar-refractivity contribution in [2.75, 3.05) is 0 Å². The maximum absolute atomic E-state index is 13.8. The van der Waals surface area contributed by atoms with Crippen LogP contribution in [0.4, 0.5) is 0 Å². The van der Waals surface area contributed by atoms with E-state index < -0.39 is 15.6 Å². The molecule has 0 spiro atoms. The molecule has 0 fully saturated rings. The van der Waals surface area contributed by atoms with Crippen molar-refractivity contribution >= 4 is 20.9 Å². The number of aromatic nitrogens is 2. The summed E-state index contributed by atoms with van der Waals surface area (Å²) in [7, 11) is -4.02. The number of benzene rings is 2. The number of aryl methyl sites for hydroxylation is 2. The molecule has 2 aromatic heterocycles. The van der Waals surface area contributed by atoms with Crippen LogP contribution in [-0.2, 0) is 15.6 Å². The Labute approximate surface area is 182 Å². The fraction of sp³-hybridized carbons (Fsp3) is 0.160. The molecule has 1 unspecified atom stereocenters. The van der Waals surface area contributed by atoms with E-state index in [9.17, 15) is 13.5 Å². The van der Waals surface area contributed by atoms with Gasteiger partial charge in [0.15, 0.2) is 0 Å². The zero-order chi connectivity index (χ0) is 22.2. The van der Waals surface area contributed by atoms with Crippen LogP contribution in [-0.4, -0.2) is 22.5 Å². The minimum absolute atomic E-state index is 0.101. The maximum atomic E-state index is 13.8. The molecule has 0 aliphatic heterocycles. The number of hydrogen-bond acceptors (Lipinski definition) is 4. The highest BCUT2D eigenvalue weighted by Gasteiger charge is 2.38. The van der Waals surface area contributed by atoms with E-state index in [1.807, 2.05) is 19.1 Å². The van der Waals surface area contributed by atoms with Crippen LogP contribution in [0, 0.1) is 26.2 Å². The van der Waals surface area contributed by atoms with Crippen LogP contribution in [0.3, 0.4) is 0 Å². The summed E-state index contributed by atoms with van der Waals surface area (Å²) < 4.78 is 28.8. The Morgan fingerprint density at radius 1 is 1.06 bits per heavy atom.